The van der Waals surface area contributed by atoms with Crippen LogP contribution in [-0.4, -0.2) is 25.6 Å². The second-order valence-corrected chi connectivity index (χ2v) is 5.72. The number of rotatable bonds is 6. The van der Waals surface area contributed by atoms with Crippen LogP contribution in [0.5, 0.6) is 5.75 Å². The van der Waals surface area contributed by atoms with E-state index < -0.39 is 0 Å². The van der Waals surface area contributed by atoms with Crippen LogP contribution in [0.3, 0.4) is 0 Å². The van der Waals surface area contributed by atoms with Crippen LogP contribution in [0.4, 0.5) is 0 Å². The summed E-state index contributed by atoms with van der Waals surface area (Å²) < 4.78 is 5.61. The zero-order valence-electron chi connectivity index (χ0n) is 13.2. The highest BCUT2D eigenvalue weighted by Crippen LogP contribution is 2.28. The molecule has 1 aliphatic rings. The van der Waals surface area contributed by atoms with Crippen LogP contribution in [-0.2, 0) is 0 Å². The molecule has 0 saturated heterocycles. The molecule has 2 N–H and O–H groups in total. The van der Waals surface area contributed by atoms with Crippen LogP contribution < -0.4 is 15.4 Å². The van der Waals surface area contributed by atoms with Crippen LogP contribution in [0, 0.1) is 5.92 Å². The van der Waals surface area contributed by atoms with Gasteiger partial charge < -0.3 is 15.4 Å². The Bertz CT molecular complexity index is 488. The summed E-state index contributed by atoms with van der Waals surface area (Å²) in [4.78, 5) is 12.1. The average Bonchev–Trinajstić information content (AvgIpc) is 2.68. The van der Waals surface area contributed by atoms with E-state index in [-0.39, 0.29) is 11.9 Å². The molecule has 1 aromatic carbocycles. The number of nitrogens with one attached hydrogen (secondary N) is 2. The maximum atomic E-state index is 12.1. The van der Waals surface area contributed by atoms with Gasteiger partial charge in [0.05, 0.1) is 12.1 Å². The number of amides is 1. The molecule has 116 valence electrons. The van der Waals surface area contributed by atoms with Gasteiger partial charge in [-0.05, 0) is 36.6 Å². The Morgan fingerprint density at radius 2 is 2.19 bits per heavy atom. The van der Waals surface area contributed by atoms with Crippen LogP contribution in [0.25, 0.3) is 0 Å². The van der Waals surface area contributed by atoms with Gasteiger partial charge in [-0.1, -0.05) is 33.3 Å². The van der Waals surface area contributed by atoms with E-state index in [0.717, 1.165) is 24.9 Å². The van der Waals surface area contributed by atoms with Gasteiger partial charge in [0.1, 0.15) is 12.4 Å². The average molecular weight is 290 g/mol. The second kappa shape index (κ2) is 7.46. The van der Waals surface area contributed by atoms with Crippen LogP contribution in [0.2, 0.25) is 0 Å². The molecule has 1 amide bonds. The lowest BCUT2D eigenvalue weighted by molar-refractivity contribution is 0.0957. The molecule has 1 heterocycles. The maximum Gasteiger partial charge on any atom is 0.255 e. The molecule has 2 rings (SSSR count). The summed E-state index contributed by atoms with van der Waals surface area (Å²) in [5, 5.41) is 6.40. The fourth-order valence-corrected chi connectivity index (χ4v) is 2.64. The number of ether oxygens (including phenoxy) is 1. The predicted octanol–water partition coefficient (Wildman–Crippen LogP) is 2.90. The molecule has 21 heavy (non-hydrogen) atoms. The second-order valence-electron chi connectivity index (χ2n) is 5.72. The minimum atomic E-state index is -0.0388. The van der Waals surface area contributed by atoms with Crippen molar-refractivity contribution in [2.45, 2.75) is 39.7 Å². The number of carbonyl (C=O) groups excluding carboxylic acids is 1. The van der Waals surface area contributed by atoms with Gasteiger partial charge in [-0.3, -0.25) is 4.79 Å². The van der Waals surface area contributed by atoms with Crippen molar-refractivity contribution in [3.05, 3.63) is 29.3 Å². The van der Waals surface area contributed by atoms with Crippen molar-refractivity contribution in [2.24, 2.45) is 5.92 Å². The van der Waals surface area contributed by atoms with Crippen molar-refractivity contribution < 1.29 is 9.53 Å². The van der Waals surface area contributed by atoms with Gasteiger partial charge in [0.25, 0.3) is 5.91 Å². The quantitative estimate of drug-likeness (QED) is 0.847. The van der Waals surface area contributed by atoms with Gasteiger partial charge in [0.2, 0.25) is 0 Å². The summed E-state index contributed by atoms with van der Waals surface area (Å²) in [5.74, 6) is 1.30. The van der Waals surface area contributed by atoms with Gasteiger partial charge in [0, 0.05) is 6.04 Å². The first-order valence-electron chi connectivity index (χ1n) is 7.94. The lowest BCUT2D eigenvalue weighted by Crippen LogP contribution is -2.25. The fourth-order valence-electron chi connectivity index (χ4n) is 2.64. The van der Waals surface area contributed by atoms with Crippen molar-refractivity contribution in [3.63, 3.8) is 0 Å². The molecule has 2 unspecified atom stereocenters. The maximum absolute atomic E-state index is 12.1. The monoisotopic (exact) mass is 290 g/mol. The lowest BCUT2D eigenvalue weighted by Gasteiger charge is -2.22. The van der Waals surface area contributed by atoms with E-state index >= 15 is 0 Å². The molecule has 0 aliphatic carbocycles. The largest absolute Gasteiger partial charge is 0.491 e. The third-order valence-electron chi connectivity index (χ3n) is 4.08. The van der Waals surface area contributed by atoms with Crippen LogP contribution in [0.1, 0.15) is 55.6 Å². The lowest BCUT2D eigenvalue weighted by atomic mass is 9.93. The van der Waals surface area contributed by atoms with Crippen molar-refractivity contribution >= 4 is 5.91 Å². The smallest absolute Gasteiger partial charge is 0.255 e. The fraction of sp³-hybridized carbons (Fsp3) is 0.588. The molecular formula is C17H26N2O2. The summed E-state index contributed by atoms with van der Waals surface area (Å²) in [7, 11) is 0. The van der Waals surface area contributed by atoms with E-state index in [1.807, 2.05) is 12.1 Å². The van der Waals surface area contributed by atoms with Gasteiger partial charge in [0.15, 0.2) is 0 Å². The molecule has 1 aromatic rings. The molecule has 0 spiro atoms. The topological polar surface area (TPSA) is 50.4 Å². The Labute approximate surface area is 127 Å². The minimum Gasteiger partial charge on any atom is -0.491 e. The summed E-state index contributed by atoms with van der Waals surface area (Å²) in [6.45, 7) is 8.60. The third-order valence-corrected chi connectivity index (χ3v) is 4.08. The number of benzene rings is 1. The first-order valence-corrected chi connectivity index (χ1v) is 7.94. The molecule has 4 heteroatoms. The normalized spacial score (nSPS) is 17.2. The highest BCUT2D eigenvalue weighted by Gasteiger charge is 2.20. The number of hydrogen-bond donors (Lipinski definition) is 2. The van der Waals surface area contributed by atoms with Crippen molar-refractivity contribution in [2.75, 3.05) is 19.7 Å². The molecule has 0 radical (unpaired) electrons. The molecule has 1 aliphatic heterocycles. The van der Waals surface area contributed by atoms with E-state index in [1.54, 1.807) is 0 Å². The minimum absolute atomic E-state index is 0.0388. The van der Waals surface area contributed by atoms with E-state index in [0.29, 0.717) is 30.4 Å². The van der Waals surface area contributed by atoms with Gasteiger partial charge in [-0.2, -0.15) is 0 Å². The molecule has 4 nitrogen and oxygen atoms in total. The Morgan fingerprint density at radius 3 is 2.90 bits per heavy atom. The number of fused-ring (bicyclic) bond motifs is 1. The molecule has 0 bridgehead atoms. The van der Waals surface area contributed by atoms with Crippen molar-refractivity contribution in [1.29, 1.82) is 0 Å². The van der Waals surface area contributed by atoms with E-state index in [2.05, 4.69) is 37.5 Å². The van der Waals surface area contributed by atoms with Crippen molar-refractivity contribution in [3.8, 4) is 5.75 Å². The first kappa shape index (κ1) is 15.8. The molecule has 0 aromatic heterocycles. The summed E-state index contributed by atoms with van der Waals surface area (Å²) in [6.07, 6.45) is 2.24. The molecule has 0 fully saturated rings. The Balaban J connectivity index is 2.27. The highest BCUT2D eigenvalue weighted by atomic mass is 16.5. The Kier molecular flexibility index (Phi) is 5.62. The molecule has 2 atom stereocenters. The van der Waals surface area contributed by atoms with Crippen molar-refractivity contribution in [1.82, 2.24) is 10.6 Å². The SMILES string of the molecule is CCNC(CC(C)CC)c1ccc2c(c1)C(=O)NCCO2. The summed E-state index contributed by atoms with van der Waals surface area (Å²) in [5.41, 5.74) is 1.81. The molecule has 0 saturated carbocycles. The Hall–Kier alpha value is -1.55. The molecular weight excluding hydrogens is 264 g/mol. The standard InChI is InChI=1S/C17H26N2O2/c1-4-12(3)10-15(18-5-2)13-6-7-16-14(11-13)17(20)19-8-9-21-16/h6-7,11-12,15,18H,4-5,8-10H2,1-3H3,(H,19,20). The first-order chi connectivity index (χ1) is 10.2. The van der Waals surface area contributed by atoms with Gasteiger partial charge >= 0.3 is 0 Å². The number of carbonyl (C=O) groups is 1. The predicted molar refractivity (Wildman–Crippen MR) is 84.8 cm³/mol. The highest BCUT2D eigenvalue weighted by molar-refractivity contribution is 5.97. The summed E-state index contributed by atoms with van der Waals surface area (Å²) >= 11 is 0. The van der Waals surface area contributed by atoms with Crippen LogP contribution in [0.15, 0.2) is 18.2 Å². The zero-order valence-corrected chi connectivity index (χ0v) is 13.2. The van der Waals surface area contributed by atoms with E-state index in [1.165, 1.54) is 0 Å². The van der Waals surface area contributed by atoms with E-state index in [9.17, 15) is 4.79 Å². The number of hydrogen-bond acceptors (Lipinski definition) is 3. The zero-order chi connectivity index (χ0) is 15.2. The Morgan fingerprint density at radius 1 is 1.38 bits per heavy atom. The summed E-state index contributed by atoms with van der Waals surface area (Å²) in [6, 6.07) is 6.27. The third kappa shape index (κ3) is 3.97. The van der Waals surface area contributed by atoms with E-state index in [4.69, 9.17) is 4.74 Å². The van der Waals surface area contributed by atoms with Crippen LogP contribution >= 0.6 is 0 Å². The van der Waals surface area contributed by atoms with Gasteiger partial charge in [-0.15, -0.1) is 0 Å². The van der Waals surface area contributed by atoms with Gasteiger partial charge in [-0.25, -0.2) is 0 Å².